The lowest BCUT2D eigenvalue weighted by Gasteiger charge is -2.20. The van der Waals surface area contributed by atoms with E-state index in [4.69, 9.17) is 0 Å². The van der Waals surface area contributed by atoms with Crippen LogP contribution in [0.2, 0.25) is 0 Å². The Hall–Kier alpha value is -3.14. The summed E-state index contributed by atoms with van der Waals surface area (Å²) in [5, 5.41) is 2.35. The van der Waals surface area contributed by atoms with Gasteiger partial charge in [-0.25, -0.2) is 0 Å². The predicted octanol–water partition coefficient (Wildman–Crippen LogP) is 4.70. The van der Waals surface area contributed by atoms with Crippen LogP contribution in [-0.4, -0.2) is 22.4 Å². The number of nitrogens with one attached hydrogen (secondary N) is 1. The molecule has 0 saturated heterocycles. The minimum atomic E-state index is 0.125. The van der Waals surface area contributed by atoms with Gasteiger partial charge in [-0.3, -0.25) is 9.78 Å². The zero-order valence-corrected chi connectivity index (χ0v) is 14.8. The van der Waals surface area contributed by atoms with Crippen LogP contribution in [0.4, 0.5) is 5.69 Å². The number of nitrogens with zero attached hydrogens (tertiary/aromatic N) is 2. The summed E-state index contributed by atoms with van der Waals surface area (Å²) in [4.78, 5) is 22.4. The highest BCUT2D eigenvalue weighted by Crippen LogP contribution is 2.25. The summed E-state index contributed by atoms with van der Waals surface area (Å²) in [5.74, 6) is 0.125. The molecule has 4 nitrogen and oxygen atoms in total. The molecule has 130 valence electrons. The zero-order valence-electron chi connectivity index (χ0n) is 14.8. The molecule has 1 amide bonds. The Kier molecular flexibility index (Phi) is 4.40. The number of anilines is 1. The van der Waals surface area contributed by atoms with Crippen molar-refractivity contribution < 1.29 is 4.79 Å². The Morgan fingerprint density at radius 3 is 2.58 bits per heavy atom. The van der Waals surface area contributed by atoms with Crippen molar-refractivity contribution in [1.82, 2.24) is 9.97 Å². The molecule has 0 atom stereocenters. The van der Waals surface area contributed by atoms with Gasteiger partial charge < -0.3 is 9.88 Å². The van der Waals surface area contributed by atoms with Crippen LogP contribution in [0.1, 0.15) is 19.0 Å². The molecular weight excluding hydrogens is 322 g/mol. The Balaban J connectivity index is 1.53. The molecule has 0 bridgehead atoms. The van der Waals surface area contributed by atoms with Gasteiger partial charge >= 0.3 is 0 Å². The number of rotatable bonds is 5. The molecule has 4 heteroatoms. The van der Waals surface area contributed by atoms with Crippen molar-refractivity contribution >= 4 is 33.4 Å². The number of aromatic nitrogens is 2. The van der Waals surface area contributed by atoms with Gasteiger partial charge in [0, 0.05) is 40.6 Å². The van der Waals surface area contributed by atoms with Crippen LogP contribution >= 0.6 is 0 Å². The van der Waals surface area contributed by atoms with E-state index in [9.17, 15) is 4.79 Å². The van der Waals surface area contributed by atoms with E-state index in [-0.39, 0.29) is 5.91 Å². The maximum Gasteiger partial charge on any atom is 0.227 e. The molecule has 4 aromatic rings. The first-order chi connectivity index (χ1) is 12.8. The third kappa shape index (κ3) is 3.06. The van der Waals surface area contributed by atoms with Gasteiger partial charge in [0.05, 0.1) is 11.7 Å². The molecule has 0 aliphatic heterocycles. The van der Waals surface area contributed by atoms with Crippen LogP contribution < -0.4 is 4.90 Å². The third-order valence-electron chi connectivity index (χ3n) is 4.73. The van der Waals surface area contributed by atoms with Crippen molar-refractivity contribution in [2.45, 2.75) is 19.8 Å². The molecular formula is C22H21N3O. The first kappa shape index (κ1) is 16.3. The number of para-hydroxylation sites is 2. The Morgan fingerprint density at radius 1 is 1.00 bits per heavy atom. The molecule has 0 saturated carbocycles. The van der Waals surface area contributed by atoms with Gasteiger partial charge in [-0.05, 0) is 37.6 Å². The van der Waals surface area contributed by atoms with E-state index in [2.05, 4.69) is 28.2 Å². The summed E-state index contributed by atoms with van der Waals surface area (Å²) in [7, 11) is 0. The van der Waals surface area contributed by atoms with Crippen molar-refractivity contribution in [1.29, 1.82) is 0 Å². The highest BCUT2D eigenvalue weighted by molar-refractivity contribution is 6.07. The number of carbonyl (C=O) groups is 1. The first-order valence-corrected chi connectivity index (χ1v) is 8.97. The zero-order chi connectivity index (χ0) is 17.9. The molecule has 0 unspecified atom stereocenters. The van der Waals surface area contributed by atoms with Crippen LogP contribution in [-0.2, 0) is 11.2 Å². The highest BCUT2D eigenvalue weighted by Gasteiger charge is 2.14. The lowest BCUT2D eigenvalue weighted by Crippen LogP contribution is -2.30. The van der Waals surface area contributed by atoms with Crippen LogP contribution in [0.3, 0.4) is 0 Å². The van der Waals surface area contributed by atoms with E-state index in [0.717, 1.165) is 27.8 Å². The molecule has 26 heavy (non-hydrogen) atoms. The molecule has 2 heterocycles. The summed E-state index contributed by atoms with van der Waals surface area (Å²) in [6.07, 6.45) is 2.95. The Bertz CT molecular complexity index is 1050. The molecule has 4 rings (SSSR count). The molecule has 1 N–H and O–H groups in total. The maximum atomic E-state index is 12.7. The van der Waals surface area contributed by atoms with E-state index < -0.39 is 0 Å². The van der Waals surface area contributed by atoms with Gasteiger partial charge in [-0.1, -0.05) is 36.4 Å². The summed E-state index contributed by atoms with van der Waals surface area (Å²) >= 11 is 0. The minimum Gasteiger partial charge on any atom is -0.353 e. The second-order valence-corrected chi connectivity index (χ2v) is 6.37. The number of fused-ring (bicyclic) bond motifs is 3. The molecule has 2 aromatic heterocycles. The summed E-state index contributed by atoms with van der Waals surface area (Å²) in [6.45, 7) is 2.67. The number of aromatic amines is 1. The quantitative estimate of drug-likeness (QED) is 0.571. The van der Waals surface area contributed by atoms with Crippen molar-refractivity contribution in [2.75, 3.05) is 11.4 Å². The van der Waals surface area contributed by atoms with Crippen LogP contribution in [0.25, 0.3) is 21.8 Å². The predicted molar refractivity (Wildman–Crippen MR) is 106 cm³/mol. The van der Waals surface area contributed by atoms with E-state index >= 15 is 0 Å². The van der Waals surface area contributed by atoms with Gasteiger partial charge in [0.2, 0.25) is 5.91 Å². The van der Waals surface area contributed by atoms with Crippen molar-refractivity contribution in [3.8, 4) is 0 Å². The van der Waals surface area contributed by atoms with Crippen molar-refractivity contribution in [3.63, 3.8) is 0 Å². The van der Waals surface area contributed by atoms with Crippen molar-refractivity contribution in [3.05, 3.63) is 72.6 Å². The molecule has 0 aliphatic carbocycles. The van der Waals surface area contributed by atoms with Gasteiger partial charge in [0.25, 0.3) is 0 Å². The van der Waals surface area contributed by atoms with E-state index in [1.807, 2.05) is 60.5 Å². The number of hydrogen-bond donors (Lipinski definition) is 1. The topological polar surface area (TPSA) is 49.0 Å². The molecule has 0 radical (unpaired) electrons. The number of amides is 1. The largest absolute Gasteiger partial charge is 0.353 e. The molecule has 0 spiro atoms. The van der Waals surface area contributed by atoms with Gasteiger partial charge in [-0.15, -0.1) is 0 Å². The summed E-state index contributed by atoms with van der Waals surface area (Å²) in [6, 6.07) is 20.1. The smallest absolute Gasteiger partial charge is 0.227 e. The summed E-state index contributed by atoms with van der Waals surface area (Å²) in [5.41, 5.74) is 4.03. The van der Waals surface area contributed by atoms with Gasteiger partial charge in [-0.2, -0.15) is 0 Å². The highest BCUT2D eigenvalue weighted by atomic mass is 16.2. The minimum absolute atomic E-state index is 0.125. The number of carbonyl (C=O) groups excluding carboxylic acids is 1. The molecule has 0 aliphatic rings. The average Bonchev–Trinajstić information content (AvgIpc) is 3.06. The first-order valence-electron chi connectivity index (χ1n) is 8.97. The SMILES string of the molecule is CCN(C(=O)CCc1cc2c(cn1)[nH]c1ccccc12)c1ccccc1. The summed E-state index contributed by atoms with van der Waals surface area (Å²) < 4.78 is 0. The monoisotopic (exact) mass is 343 g/mol. The number of hydrogen-bond acceptors (Lipinski definition) is 2. The number of aryl methyl sites for hydroxylation is 1. The van der Waals surface area contributed by atoms with Crippen LogP contribution in [0.15, 0.2) is 66.9 Å². The Labute approximate surface area is 152 Å². The normalized spacial score (nSPS) is 11.1. The van der Waals surface area contributed by atoms with E-state index in [1.54, 1.807) is 0 Å². The third-order valence-corrected chi connectivity index (χ3v) is 4.73. The number of H-pyrrole nitrogens is 1. The maximum absolute atomic E-state index is 12.7. The standard InChI is InChI=1S/C22H21N3O/c1-2-25(17-8-4-3-5-9-17)22(26)13-12-16-14-19-18-10-6-7-11-20(18)24-21(19)15-23-16/h3-11,14-15,24H,2,12-13H2,1H3. The van der Waals surface area contributed by atoms with E-state index in [0.29, 0.717) is 19.4 Å². The number of pyridine rings is 1. The second-order valence-electron chi connectivity index (χ2n) is 6.37. The second kappa shape index (κ2) is 7.00. The fourth-order valence-corrected chi connectivity index (χ4v) is 3.41. The van der Waals surface area contributed by atoms with Gasteiger partial charge in [0.1, 0.15) is 0 Å². The Morgan fingerprint density at radius 2 is 1.77 bits per heavy atom. The van der Waals surface area contributed by atoms with Crippen LogP contribution in [0.5, 0.6) is 0 Å². The molecule has 0 fully saturated rings. The number of benzene rings is 2. The van der Waals surface area contributed by atoms with Gasteiger partial charge in [0.15, 0.2) is 0 Å². The fourth-order valence-electron chi connectivity index (χ4n) is 3.41. The van der Waals surface area contributed by atoms with Crippen LogP contribution in [0, 0.1) is 0 Å². The lowest BCUT2D eigenvalue weighted by molar-refractivity contribution is -0.118. The molecule has 2 aromatic carbocycles. The average molecular weight is 343 g/mol. The lowest BCUT2D eigenvalue weighted by atomic mass is 10.1. The fraction of sp³-hybridized carbons (Fsp3) is 0.182. The van der Waals surface area contributed by atoms with E-state index in [1.165, 1.54) is 5.39 Å². The van der Waals surface area contributed by atoms with Crippen molar-refractivity contribution in [2.24, 2.45) is 0 Å².